The van der Waals surface area contributed by atoms with E-state index < -0.39 is 0 Å². The maximum absolute atomic E-state index is 13.2. The zero-order valence-electron chi connectivity index (χ0n) is 18.0. The van der Waals surface area contributed by atoms with Gasteiger partial charge in [-0.3, -0.25) is 4.79 Å². The van der Waals surface area contributed by atoms with E-state index in [1.165, 1.54) is 5.56 Å². The lowest BCUT2D eigenvalue weighted by atomic mass is 10.1. The van der Waals surface area contributed by atoms with Crippen LogP contribution in [0.25, 0.3) is 11.5 Å². The van der Waals surface area contributed by atoms with Crippen LogP contribution >= 0.6 is 0 Å². The van der Waals surface area contributed by atoms with Gasteiger partial charge < -0.3 is 14.4 Å². The molecule has 0 fully saturated rings. The first-order valence-corrected chi connectivity index (χ1v) is 10.4. The lowest BCUT2D eigenvalue weighted by Crippen LogP contribution is -2.26. The van der Waals surface area contributed by atoms with Gasteiger partial charge in [0.2, 0.25) is 0 Å². The van der Waals surface area contributed by atoms with Crippen LogP contribution in [0.15, 0.2) is 73.1 Å². The van der Waals surface area contributed by atoms with Gasteiger partial charge in [0.25, 0.3) is 5.91 Å². The standard InChI is InChI=1S/C25H25N5O/c1-18-9-11-20(12-10-18)30-24(28-13-4-5-14-28)22-16-29(17-23(22)26-30)25(31)19-7-6-8-21(15-19)27(2)3/h4-15H,16-17H2,1-3H3. The highest BCUT2D eigenvalue weighted by Gasteiger charge is 2.32. The first kappa shape index (κ1) is 19.2. The third-order valence-corrected chi connectivity index (χ3v) is 5.75. The molecule has 6 heteroatoms. The summed E-state index contributed by atoms with van der Waals surface area (Å²) in [6.45, 7) is 3.13. The fraction of sp³-hybridized carbons (Fsp3) is 0.200. The molecule has 31 heavy (non-hydrogen) atoms. The quantitative estimate of drug-likeness (QED) is 0.506. The number of carbonyl (C=O) groups excluding carboxylic acids is 1. The summed E-state index contributed by atoms with van der Waals surface area (Å²) >= 11 is 0. The molecule has 0 aliphatic carbocycles. The number of hydrogen-bond acceptors (Lipinski definition) is 3. The number of aromatic nitrogens is 3. The molecule has 0 bridgehead atoms. The first-order valence-electron chi connectivity index (χ1n) is 10.4. The highest BCUT2D eigenvalue weighted by atomic mass is 16.2. The average molecular weight is 412 g/mol. The number of hydrogen-bond donors (Lipinski definition) is 0. The van der Waals surface area contributed by atoms with Crippen molar-refractivity contribution < 1.29 is 4.79 Å². The Morgan fingerprint density at radius 1 is 0.968 bits per heavy atom. The smallest absolute Gasteiger partial charge is 0.254 e. The Bertz CT molecular complexity index is 1240. The van der Waals surface area contributed by atoms with E-state index in [1.807, 2.05) is 77.4 Å². The molecule has 4 aromatic rings. The molecule has 2 aromatic carbocycles. The molecule has 0 N–H and O–H groups in total. The van der Waals surface area contributed by atoms with Crippen LogP contribution in [-0.4, -0.2) is 39.3 Å². The lowest BCUT2D eigenvalue weighted by molar-refractivity contribution is 0.0749. The van der Waals surface area contributed by atoms with Crippen LogP contribution in [0.1, 0.15) is 27.2 Å². The van der Waals surface area contributed by atoms with Crippen molar-refractivity contribution >= 4 is 11.6 Å². The molecule has 3 heterocycles. The van der Waals surface area contributed by atoms with E-state index in [0.717, 1.165) is 28.5 Å². The van der Waals surface area contributed by atoms with E-state index >= 15 is 0 Å². The minimum atomic E-state index is 0.0297. The van der Waals surface area contributed by atoms with E-state index in [0.29, 0.717) is 18.7 Å². The highest BCUT2D eigenvalue weighted by molar-refractivity contribution is 5.95. The van der Waals surface area contributed by atoms with Crippen molar-refractivity contribution in [1.29, 1.82) is 0 Å². The van der Waals surface area contributed by atoms with Gasteiger partial charge in [-0.1, -0.05) is 23.8 Å². The molecule has 1 amide bonds. The van der Waals surface area contributed by atoms with Crippen LogP contribution < -0.4 is 4.90 Å². The van der Waals surface area contributed by atoms with Gasteiger partial charge in [0.15, 0.2) is 0 Å². The average Bonchev–Trinajstić information content (AvgIpc) is 3.50. The largest absolute Gasteiger partial charge is 0.378 e. The minimum Gasteiger partial charge on any atom is -0.378 e. The van der Waals surface area contributed by atoms with Crippen molar-refractivity contribution in [3.05, 3.63) is 95.4 Å². The second-order valence-corrected chi connectivity index (χ2v) is 8.19. The number of amides is 1. The molecule has 1 aliphatic heterocycles. The molecular weight excluding hydrogens is 386 g/mol. The molecule has 5 rings (SSSR count). The number of rotatable bonds is 4. The molecule has 0 radical (unpaired) electrons. The normalized spacial score (nSPS) is 12.8. The lowest BCUT2D eigenvalue weighted by Gasteiger charge is -2.19. The third kappa shape index (κ3) is 3.40. The van der Waals surface area contributed by atoms with Crippen LogP contribution in [0, 0.1) is 6.92 Å². The van der Waals surface area contributed by atoms with Crippen LogP contribution in [0.3, 0.4) is 0 Å². The Balaban J connectivity index is 1.51. The van der Waals surface area contributed by atoms with Gasteiger partial charge in [0, 0.05) is 43.3 Å². The SMILES string of the molecule is Cc1ccc(-n2nc3c(c2-n2cccc2)CN(C(=O)c2cccc(N(C)C)c2)C3)cc1. The van der Waals surface area contributed by atoms with E-state index in [1.54, 1.807) is 0 Å². The topological polar surface area (TPSA) is 46.3 Å². The second-order valence-electron chi connectivity index (χ2n) is 8.19. The van der Waals surface area contributed by atoms with Crippen molar-refractivity contribution in [2.75, 3.05) is 19.0 Å². The van der Waals surface area contributed by atoms with E-state index in [9.17, 15) is 4.79 Å². The molecule has 156 valence electrons. The minimum absolute atomic E-state index is 0.0297. The summed E-state index contributed by atoms with van der Waals surface area (Å²) in [5.74, 6) is 1.02. The summed E-state index contributed by atoms with van der Waals surface area (Å²) in [5, 5.41) is 4.91. The number of aryl methyl sites for hydroxylation is 1. The second kappa shape index (κ2) is 7.47. The van der Waals surface area contributed by atoms with Crippen molar-refractivity contribution in [2.45, 2.75) is 20.0 Å². The molecule has 6 nitrogen and oxygen atoms in total. The third-order valence-electron chi connectivity index (χ3n) is 5.75. The summed E-state index contributed by atoms with van der Waals surface area (Å²) in [5.41, 5.74) is 5.98. The Labute approximate surface area is 181 Å². The van der Waals surface area contributed by atoms with Gasteiger partial charge in [-0.2, -0.15) is 5.10 Å². The van der Waals surface area contributed by atoms with Crippen molar-refractivity contribution in [3.63, 3.8) is 0 Å². The van der Waals surface area contributed by atoms with Crippen LogP contribution in [0.2, 0.25) is 0 Å². The number of nitrogens with zero attached hydrogens (tertiary/aromatic N) is 5. The predicted molar refractivity (Wildman–Crippen MR) is 122 cm³/mol. The maximum atomic E-state index is 13.2. The highest BCUT2D eigenvalue weighted by Crippen LogP contribution is 2.31. The molecule has 0 atom stereocenters. The number of anilines is 1. The van der Waals surface area contributed by atoms with Gasteiger partial charge in [0.05, 0.1) is 24.5 Å². The first-order chi connectivity index (χ1) is 15.0. The van der Waals surface area contributed by atoms with Crippen molar-refractivity contribution in [1.82, 2.24) is 19.2 Å². The maximum Gasteiger partial charge on any atom is 0.254 e. The van der Waals surface area contributed by atoms with Gasteiger partial charge in [0.1, 0.15) is 5.82 Å². The Morgan fingerprint density at radius 3 is 2.42 bits per heavy atom. The van der Waals surface area contributed by atoms with Gasteiger partial charge >= 0.3 is 0 Å². The molecule has 0 saturated carbocycles. The van der Waals surface area contributed by atoms with Crippen LogP contribution in [-0.2, 0) is 13.1 Å². The molecule has 0 unspecified atom stereocenters. The predicted octanol–water partition coefficient (Wildman–Crippen LogP) is 4.19. The number of fused-ring (bicyclic) bond motifs is 1. The van der Waals surface area contributed by atoms with Gasteiger partial charge in [-0.25, -0.2) is 4.68 Å². The fourth-order valence-corrected chi connectivity index (χ4v) is 4.05. The van der Waals surface area contributed by atoms with Crippen molar-refractivity contribution in [2.24, 2.45) is 0 Å². The Kier molecular flexibility index (Phi) is 4.62. The fourth-order valence-electron chi connectivity index (χ4n) is 4.05. The Hall–Kier alpha value is -3.80. The van der Waals surface area contributed by atoms with Gasteiger partial charge in [-0.15, -0.1) is 0 Å². The van der Waals surface area contributed by atoms with E-state index in [4.69, 9.17) is 5.10 Å². The summed E-state index contributed by atoms with van der Waals surface area (Å²) in [7, 11) is 3.96. The summed E-state index contributed by atoms with van der Waals surface area (Å²) in [6, 6.07) is 20.1. The number of carbonyl (C=O) groups is 1. The molecule has 0 saturated heterocycles. The van der Waals surface area contributed by atoms with E-state index in [-0.39, 0.29) is 5.91 Å². The molecule has 1 aliphatic rings. The number of benzene rings is 2. The molecule has 2 aromatic heterocycles. The summed E-state index contributed by atoms with van der Waals surface area (Å²) in [4.78, 5) is 17.1. The van der Waals surface area contributed by atoms with Crippen molar-refractivity contribution in [3.8, 4) is 11.5 Å². The zero-order chi connectivity index (χ0) is 21.5. The van der Waals surface area contributed by atoms with Gasteiger partial charge in [-0.05, 0) is 49.4 Å². The zero-order valence-corrected chi connectivity index (χ0v) is 18.0. The van der Waals surface area contributed by atoms with E-state index in [2.05, 4.69) is 35.8 Å². The summed E-state index contributed by atoms with van der Waals surface area (Å²) in [6.07, 6.45) is 4.04. The summed E-state index contributed by atoms with van der Waals surface area (Å²) < 4.78 is 4.06. The monoisotopic (exact) mass is 411 g/mol. The van der Waals surface area contributed by atoms with Crippen LogP contribution in [0.4, 0.5) is 5.69 Å². The van der Waals surface area contributed by atoms with Crippen LogP contribution in [0.5, 0.6) is 0 Å². The molecule has 0 spiro atoms. The Morgan fingerprint density at radius 2 is 1.71 bits per heavy atom. The molecular formula is C25H25N5O.